The molecule has 1 heterocycles. The van der Waals surface area contributed by atoms with Crippen LogP contribution in [0.4, 0.5) is 23.7 Å². The first-order chi connectivity index (χ1) is 17.9. The molecule has 3 rings (SSSR count). The maximum Gasteiger partial charge on any atom is 0.421 e. The van der Waals surface area contributed by atoms with Crippen molar-refractivity contribution < 1.29 is 27.5 Å². The van der Waals surface area contributed by atoms with Crippen LogP contribution in [0.3, 0.4) is 0 Å². The number of rotatable bonds is 9. The van der Waals surface area contributed by atoms with Gasteiger partial charge in [-0.1, -0.05) is 40.5 Å². The number of halogens is 5. The molecule has 1 atom stereocenters. The minimum Gasteiger partial charge on any atom is -0.449 e. The van der Waals surface area contributed by atoms with Crippen LogP contribution in [-0.2, 0) is 15.7 Å². The van der Waals surface area contributed by atoms with Crippen molar-refractivity contribution in [2.75, 3.05) is 36.6 Å². The number of hydrogen-bond donors (Lipinski definition) is 0. The number of imide groups is 1. The van der Waals surface area contributed by atoms with Crippen LogP contribution in [0.25, 0.3) is 0 Å². The Kier molecular flexibility index (Phi) is 10.2. The molecule has 1 aliphatic rings. The fourth-order valence-electron chi connectivity index (χ4n) is 4.33. The summed E-state index contributed by atoms with van der Waals surface area (Å²) in [7, 11) is 0. The Morgan fingerprint density at radius 2 is 1.92 bits per heavy atom. The predicted molar refractivity (Wildman–Crippen MR) is 149 cm³/mol. The van der Waals surface area contributed by atoms with Crippen molar-refractivity contribution in [3.63, 3.8) is 0 Å². The lowest BCUT2D eigenvalue weighted by Gasteiger charge is -2.27. The maximum atomic E-state index is 13.4. The molecule has 206 valence electrons. The van der Waals surface area contributed by atoms with Crippen molar-refractivity contribution in [2.24, 2.45) is 10.5 Å². The zero-order valence-corrected chi connectivity index (χ0v) is 24.3. The van der Waals surface area contributed by atoms with Crippen LogP contribution in [-0.4, -0.2) is 54.4 Å². The number of nitrogens with zero attached hydrogens (tertiary/aromatic N) is 3. The molecule has 38 heavy (non-hydrogen) atoms. The van der Waals surface area contributed by atoms with Gasteiger partial charge in [-0.2, -0.15) is 30.0 Å². The molecule has 2 amide bonds. The van der Waals surface area contributed by atoms with Gasteiger partial charge in [0, 0.05) is 16.4 Å². The summed E-state index contributed by atoms with van der Waals surface area (Å²) in [5.41, 5.74) is -0.117. The number of thioether (sulfide) groups is 1. The first-order valence-corrected chi connectivity index (χ1v) is 14.4. The number of alkyl halides is 3. The smallest absolute Gasteiger partial charge is 0.421 e. The van der Waals surface area contributed by atoms with E-state index in [4.69, 9.17) is 16.3 Å². The molecular formula is C26H28BrClF3N3O3S. The average Bonchev–Trinajstić information content (AvgIpc) is 3.15. The molecule has 0 fully saturated rings. The van der Waals surface area contributed by atoms with Gasteiger partial charge in [0.05, 0.1) is 28.6 Å². The Morgan fingerprint density at radius 1 is 1.24 bits per heavy atom. The highest BCUT2D eigenvalue weighted by Gasteiger charge is 2.41. The lowest BCUT2D eigenvalue weighted by molar-refractivity contribution is -0.137. The molecule has 12 heteroatoms. The third kappa shape index (κ3) is 7.24. The van der Waals surface area contributed by atoms with Crippen LogP contribution >= 0.6 is 39.3 Å². The quantitative estimate of drug-likeness (QED) is 0.268. The van der Waals surface area contributed by atoms with Crippen LogP contribution in [0.15, 0.2) is 52.0 Å². The van der Waals surface area contributed by atoms with Gasteiger partial charge in [-0.25, -0.2) is 9.69 Å². The summed E-state index contributed by atoms with van der Waals surface area (Å²) in [5, 5.41) is 5.79. The van der Waals surface area contributed by atoms with Gasteiger partial charge in [-0.05, 0) is 73.7 Å². The largest absolute Gasteiger partial charge is 0.449 e. The number of carbonyl (C=O) groups is 2. The van der Waals surface area contributed by atoms with Crippen LogP contribution in [0.5, 0.6) is 0 Å². The number of amides is 2. The van der Waals surface area contributed by atoms with E-state index in [0.29, 0.717) is 29.9 Å². The molecule has 0 spiro atoms. The minimum atomic E-state index is -4.57. The second kappa shape index (κ2) is 12.7. The van der Waals surface area contributed by atoms with Crippen molar-refractivity contribution in [2.45, 2.75) is 32.9 Å². The molecule has 6 nitrogen and oxygen atoms in total. The van der Waals surface area contributed by atoms with Gasteiger partial charge < -0.3 is 4.74 Å². The van der Waals surface area contributed by atoms with Crippen molar-refractivity contribution >= 4 is 62.7 Å². The monoisotopic (exact) mass is 633 g/mol. The van der Waals surface area contributed by atoms with Gasteiger partial charge in [-0.15, -0.1) is 0 Å². The van der Waals surface area contributed by atoms with Crippen LogP contribution in [0.2, 0.25) is 5.02 Å². The highest BCUT2D eigenvalue weighted by Crippen LogP contribution is 2.39. The normalized spacial score (nSPS) is 17.4. The summed E-state index contributed by atoms with van der Waals surface area (Å²) in [6.07, 6.45) is -1.83. The van der Waals surface area contributed by atoms with Gasteiger partial charge >= 0.3 is 12.3 Å². The van der Waals surface area contributed by atoms with E-state index in [1.54, 1.807) is 48.0 Å². The van der Waals surface area contributed by atoms with Crippen molar-refractivity contribution in [1.82, 2.24) is 5.01 Å². The summed E-state index contributed by atoms with van der Waals surface area (Å²) in [6, 6.07) is 10.2. The van der Waals surface area contributed by atoms with Crippen LogP contribution < -0.4 is 4.90 Å². The SMILES string of the molecule is CCOC(=O)N(C(=O)CN1CC(C)(CCCSC)C(c2ccc(C(F)(F)F)c(Cl)c2)=N1)c1ccc(Br)cc1. The predicted octanol–water partition coefficient (Wildman–Crippen LogP) is 7.48. The molecule has 0 bridgehead atoms. The van der Waals surface area contributed by atoms with Gasteiger partial charge in [-0.3, -0.25) is 9.80 Å². The first kappa shape index (κ1) is 30.3. The fraction of sp³-hybridized carbons (Fsp3) is 0.423. The van der Waals surface area contributed by atoms with E-state index in [0.717, 1.165) is 27.6 Å². The van der Waals surface area contributed by atoms with E-state index in [9.17, 15) is 22.8 Å². The molecule has 2 aromatic rings. The summed E-state index contributed by atoms with van der Waals surface area (Å²) in [6.45, 7) is 3.82. The first-order valence-electron chi connectivity index (χ1n) is 11.8. The highest BCUT2D eigenvalue weighted by molar-refractivity contribution is 9.10. The third-order valence-electron chi connectivity index (χ3n) is 6.07. The molecular weight excluding hydrogens is 607 g/mol. The van der Waals surface area contributed by atoms with E-state index < -0.39 is 34.2 Å². The van der Waals surface area contributed by atoms with Crippen molar-refractivity contribution in [1.29, 1.82) is 0 Å². The molecule has 0 N–H and O–H groups in total. The topological polar surface area (TPSA) is 62.2 Å². The van der Waals surface area contributed by atoms with Gasteiger partial charge in [0.2, 0.25) is 0 Å². The molecule has 2 aromatic carbocycles. The van der Waals surface area contributed by atoms with E-state index in [1.807, 2.05) is 13.2 Å². The van der Waals surface area contributed by atoms with Crippen LogP contribution in [0, 0.1) is 5.41 Å². The standard InChI is InChI=1S/C26H28BrClF3N3O3S/c1-4-37-24(36)34(19-9-7-18(27)8-10-19)22(35)15-33-16-25(2,12-5-13-38-3)23(32-33)17-6-11-20(21(28)14-17)26(29,30)31/h6-11,14H,4-5,12-13,15-16H2,1-3H3. The second-order valence-corrected chi connectivity index (χ2v) is 11.3. The summed E-state index contributed by atoms with van der Waals surface area (Å²) in [4.78, 5) is 27.0. The number of benzene rings is 2. The molecule has 0 aromatic heterocycles. The Balaban J connectivity index is 1.93. The van der Waals surface area contributed by atoms with Gasteiger partial charge in [0.15, 0.2) is 0 Å². The van der Waals surface area contributed by atoms with Crippen molar-refractivity contribution in [3.8, 4) is 0 Å². The molecule has 0 saturated carbocycles. The van der Waals surface area contributed by atoms with E-state index in [1.165, 1.54) is 12.1 Å². The Labute approximate surface area is 237 Å². The molecule has 0 aliphatic carbocycles. The molecule has 0 saturated heterocycles. The summed E-state index contributed by atoms with van der Waals surface area (Å²) in [5.74, 6) is 0.350. The Bertz CT molecular complexity index is 1200. The minimum absolute atomic E-state index is 0.0906. The highest BCUT2D eigenvalue weighted by atomic mass is 79.9. The van der Waals surface area contributed by atoms with E-state index in [2.05, 4.69) is 21.0 Å². The molecule has 1 aliphatic heterocycles. The summed E-state index contributed by atoms with van der Waals surface area (Å²) < 4.78 is 45.7. The Morgan fingerprint density at radius 3 is 2.50 bits per heavy atom. The average molecular weight is 635 g/mol. The Hall–Kier alpha value is -2.24. The van der Waals surface area contributed by atoms with E-state index in [-0.39, 0.29) is 13.2 Å². The number of hydrogen-bond acceptors (Lipinski definition) is 6. The van der Waals surface area contributed by atoms with Gasteiger partial charge in [0.25, 0.3) is 5.91 Å². The van der Waals surface area contributed by atoms with Crippen LogP contribution in [0.1, 0.15) is 37.8 Å². The number of carbonyl (C=O) groups excluding carboxylic acids is 2. The van der Waals surface area contributed by atoms with Gasteiger partial charge in [0.1, 0.15) is 6.54 Å². The number of ether oxygens (including phenoxy) is 1. The zero-order valence-electron chi connectivity index (χ0n) is 21.1. The maximum absolute atomic E-state index is 13.4. The second-order valence-electron chi connectivity index (χ2n) is 9.03. The number of hydrazone groups is 1. The fourth-order valence-corrected chi connectivity index (χ4v) is 5.31. The zero-order chi connectivity index (χ0) is 28.1. The number of anilines is 1. The lowest BCUT2D eigenvalue weighted by Crippen LogP contribution is -2.43. The molecule has 0 radical (unpaired) electrons. The third-order valence-corrected chi connectivity index (χ3v) is 7.61. The lowest BCUT2D eigenvalue weighted by atomic mass is 9.78. The van der Waals surface area contributed by atoms with E-state index >= 15 is 0 Å². The molecule has 1 unspecified atom stereocenters. The summed E-state index contributed by atoms with van der Waals surface area (Å²) >= 11 is 11.0. The van der Waals surface area contributed by atoms with Crippen molar-refractivity contribution in [3.05, 3.63) is 63.1 Å².